The summed E-state index contributed by atoms with van der Waals surface area (Å²) in [6.45, 7) is 3.28. The summed E-state index contributed by atoms with van der Waals surface area (Å²) in [6.07, 6.45) is 0.816. The Bertz CT molecular complexity index is 450. The molecule has 2 N–H and O–H groups in total. The topological polar surface area (TPSA) is 41.1 Å². The lowest BCUT2D eigenvalue weighted by molar-refractivity contribution is -0.125. The molecule has 1 saturated heterocycles. The lowest BCUT2D eigenvalue weighted by Crippen LogP contribution is -2.33. The van der Waals surface area contributed by atoms with Crippen LogP contribution >= 0.6 is 12.4 Å². The van der Waals surface area contributed by atoms with E-state index < -0.39 is 11.6 Å². The first-order chi connectivity index (χ1) is 8.58. The van der Waals surface area contributed by atoms with Crippen LogP contribution in [0.4, 0.5) is 8.78 Å². The SMILES string of the molecule is CC(NC(=O)C1CCNC1)c1ccc(F)c(F)c1.Cl. The minimum absolute atomic E-state index is 0. The number of amides is 1. The van der Waals surface area contributed by atoms with Gasteiger partial charge in [0, 0.05) is 6.54 Å². The summed E-state index contributed by atoms with van der Waals surface area (Å²) in [7, 11) is 0. The van der Waals surface area contributed by atoms with Gasteiger partial charge in [-0.15, -0.1) is 12.4 Å². The van der Waals surface area contributed by atoms with Crippen molar-refractivity contribution >= 4 is 18.3 Å². The molecule has 1 amide bonds. The van der Waals surface area contributed by atoms with E-state index in [1.807, 2.05) is 0 Å². The average molecular weight is 291 g/mol. The number of rotatable bonds is 3. The Kier molecular flexibility index (Phi) is 5.69. The predicted octanol–water partition coefficient (Wildman–Crippen LogP) is 2.17. The lowest BCUT2D eigenvalue weighted by atomic mass is 10.0. The van der Waals surface area contributed by atoms with E-state index in [0.29, 0.717) is 12.1 Å². The van der Waals surface area contributed by atoms with Gasteiger partial charge in [0.05, 0.1) is 12.0 Å². The summed E-state index contributed by atoms with van der Waals surface area (Å²) in [4.78, 5) is 11.9. The van der Waals surface area contributed by atoms with Crippen molar-refractivity contribution in [1.29, 1.82) is 0 Å². The van der Waals surface area contributed by atoms with Crippen LogP contribution < -0.4 is 10.6 Å². The van der Waals surface area contributed by atoms with Gasteiger partial charge in [-0.25, -0.2) is 8.78 Å². The van der Waals surface area contributed by atoms with Gasteiger partial charge in [0.2, 0.25) is 5.91 Å². The minimum Gasteiger partial charge on any atom is -0.349 e. The van der Waals surface area contributed by atoms with E-state index in [0.717, 1.165) is 25.1 Å². The van der Waals surface area contributed by atoms with E-state index >= 15 is 0 Å². The maximum Gasteiger partial charge on any atom is 0.224 e. The molecule has 1 aromatic carbocycles. The van der Waals surface area contributed by atoms with Crippen LogP contribution in [0.25, 0.3) is 0 Å². The van der Waals surface area contributed by atoms with Gasteiger partial charge in [0.1, 0.15) is 0 Å². The molecule has 1 aliphatic rings. The number of nitrogens with one attached hydrogen (secondary N) is 2. The van der Waals surface area contributed by atoms with Gasteiger partial charge in [0.15, 0.2) is 11.6 Å². The minimum atomic E-state index is -0.892. The maximum absolute atomic E-state index is 13.1. The highest BCUT2D eigenvalue weighted by Gasteiger charge is 2.23. The highest BCUT2D eigenvalue weighted by molar-refractivity contribution is 5.85. The monoisotopic (exact) mass is 290 g/mol. The number of hydrogen-bond acceptors (Lipinski definition) is 2. The number of benzene rings is 1. The first-order valence-electron chi connectivity index (χ1n) is 6.04. The van der Waals surface area contributed by atoms with Gasteiger partial charge in [-0.3, -0.25) is 4.79 Å². The van der Waals surface area contributed by atoms with E-state index in [2.05, 4.69) is 10.6 Å². The molecule has 0 saturated carbocycles. The zero-order valence-electron chi connectivity index (χ0n) is 10.6. The molecule has 2 unspecified atom stereocenters. The maximum atomic E-state index is 13.1. The summed E-state index contributed by atoms with van der Waals surface area (Å²) in [5, 5.41) is 5.93. The molecule has 0 aliphatic carbocycles. The van der Waals surface area contributed by atoms with E-state index in [1.165, 1.54) is 6.07 Å². The van der Waals surface area contributed by atoms with Crippen molar-refractivity contribution in [3.05, 3.63) is 35.4 Å². The van der Waals surface area contributed by atoms with Gasteiger partial charge in [0.25, 0.3) is 0 Å². The normalized spacial score (nSPS) is 19.6. The number of hydrogen-bond donors (Lipinski definition) is 2. The fourth-order valence-corrected chi connectivity index (χ4v) is 2.07. The highest BCUT2D eigenvalue weighted by Crippen LogP contribution is 2.17. The van der Waals surface area contributed by atoms with Crippen molar-refractivity contribution in [2.75, 3.05) is 13.1 Å². The fraction of sp³-hybridized carbons (Fsp3) is 0.462. The molecule has 0 aromatic heterocycles. The van der Waals surface area contributed by atoms with Crippen LogP contribution in [-0.4, -0.2) is 19.0 Å². The quantitative estimate of drug-likeness (QED) is 0.896. The largest absolute Gasteiger partial charge is 0.349 e. The second-order valence-corrected chi connectivity index (χ2v) is 4.59. The molecule has 19 heavy (non-hydrogen) atoms. The van der Waals surface area contributed by atoms with Crippen LogP contribution in [0.15, 0.2) is 18.2 Å². The fourth-order valence-electron chi connectivity index (χ4n) is 2.07. The van der Waals surface area contributed by atoms with Crippen molar-refractivity contribution in [3.8, 4) is 0 Å². The first-order valence-corrected chi connectivity index (χ1v) is 6.04. The molecule has 2 atom stereocenters. The molecule has 0 radical (unpaired) electrons. The molecule has 6 heteroatoms. The summed E-state index contributed by atoms with van der Waals surface area (Å²) in [5.74, 6) is -1.84. The Hall–Kier alpha value is -1.20. The Morgan fingerprint density at radius 3 is 2.74 bits per heavy atom. The summed E-state index contributed by atoms with van der Waals surface area (Å²) in [5.41, 5.74) is 0.563. The zero-order valence-corrected chi connectivity index (χ0v) is 11.4. The number of carbonyl (C=O) groups excluding carboxylic acids is 1. The zero-order chi connectivity index (χ0) is 13.1. The van der Waals surface area contributed by atoms with Gasteiger partial charge in [-0.1, -0.05) is 6.07 Å². The summed E-state index contributed by atoms with van der Waals surface area (Å²) < 4.78 is 25.9. The van der Waals surface area contributed by atoms with Crippen molar-refractivity contribution < 1.29 is 13.6 Å². The smallest absolute Gasteiger partial charge is 0.224 e. The van der Waals surface area contributed by atoms with Gasteiger partial charge in [-0.05, 0) is 37.6 Å². The van der Waals surface area contributed by atoms with Gasteiger partial charge in [-0.2, -0.15) is 0 Å². The highest BCUT2D eigenvalue weighted by atomic mass is 35.5. The van der Waals surface area contributed by atoms with E-state index in [1.54, 1.807) is 6.92 Å². The first kappa shape index (κ1) is 15.9. The molecular formula is C13H17ClF2N2O. The lowest BCUT2D eigenvalue weighted by Gasteiger charge is -2.17. The average Bonchev–Trinajstić information content (AvgIpc) is 2.86. The van der Waals surface area contributed by atoms with Crippen LogP contribution in [-0.2, 0) is 4.79 Å². The molecule has 106 valence electrons. The van der Waals surface area contributed by atoms with Crippen LogP contribution in [0, 0.1) is 17.6 Å². The van der Waals surface area contributed by atoms with Crippen molar-refractivity contribution in [2.45, 2.75) is 19.4 Å². The Morgan fingerprint density at radius 2 is 2.16 bits per heavy atom. The van der Waals surface area contributed by atoms with Crippen LogP contribution in [0.5, 0.6) is 0 Å². The number of carbonyl (C=O) groups is 1. The van der Waals surface area contributed by atoms with E-state index in [9.17, 15) is 13.6 Å². The third-order valence-corrected chi connectivity index (χ3v) is 3.23. The molecule has 0 spiro atoms. The van der Waals surface area contributed by atoms with Crippen molar-refractivity contribution in [2.24, 2.45) is 5.92 Å². The molecule has 1 aromatic rings. The second-order valence-electron chi connectivity index (χ2n) is 4.59. The van der Waals surface area contributed by atoms with Crippen LogP contribution in [0.1, 0.15) is 24.9 Å². The summed E-state index contributed by atoms with van der Waals surface area (Å²) in [6, 6.07) is 3.35. The Labute approximate surface area is 117 Å². The van der Waals surface area contributed by atoms with E-state index in [4.69, 9.17) is 0 Å². The second kappa shape index (κ2) is 6.82. The Balaban J connectivity index is 0.00000180. The molecule has 1 aliphatic heterocycles. The molecule has 2 rings (SSSR count). The molecular weight excluding hydrogens is 274 g/mol. The Morgan fingerprint density at radius 1 is 1.42 bits per heavy atom. The predicted molar refractivity (Wildman–Crippen MR) is 71.1 cm³/mol. The third-order valence-electron chi connectivity index (χ3n) is 3.23. The summed E-state index contributed by atoms with van der Waals surface area (Å²) >= 11 is 0. The molecule has 1 fully saturated rings. The standard InChI is InChI=1S/C13H16F2N2O.ClH/c1-8(9-2-3-11(14)12(15)6-9)17-13(18)10-4-5-16-7-10;/h2-3,6,8,10,16H,4-5,7H2,1H3,(H,17,18);1H. The molecule has 0 bridgehead atoms. The van der Waals surface area contributed by atoms with Crippen LogP contribution in [0.2, 0.25) is 0 Å². The van der Waals surface area contributed by atoms with Gasteiger partial charge < -0.3 is 10.6 Å². The molecule has 3 nitrogen and oxygen atoms in total. The van der Waals surface area contributed by atoms with Crippen molar-refractivity contribution in [1.82, 2.24) is 10.6 Å². The third kappa shape index (κ3) is 3.88. The van der Waals surface area contributed by atoms with Gasteiger partial charge >= 0.3 is 0 Å². The molecule has 1 heterocycles. The van der Waals surface area contributed by atoms with Crippen molar-refractivity contribution in [3.63, 3.8) is 0 Å². The van der Waals surface area contributed by atoms with E-state index in [-0.39, 0.29) is 30.3 Å². The number of halogens is 3. The van der Waals surface area contributed by atoms with Crippen LogP contribution in [0.3, 0.4) is 0 Å².